The molecule has 1 N–H and O–H groups in total. The van der Waals surface area contributed by atoms with Crippen LogP contribution in [0.5, 0.6) is 0 Å². The van der Waals surface area contributed by atoms with Crippen molar-refractivity contribution in [1.29, 1.82) is 0 Å². The molecule has 1 atom stereocenters. The number of hydrogen-bond acceptors (Lipinski definition) is 8. The van der Waals surface area contributed by atoms with Gasteiger partial charge in [0, 0.05) is 23.6 Å². The predicted molar refractivity (Wildman–Crippen MR) is 138 cm³/mol. The maximum Gasteiger partial charge on any atom is 0.338 e. The quantitative estimate of drug-likeness (QED) is 0.153. The van der Waals surface area contributed by atoms with Crippen LogP contribution in [0.3, 0.4) is 0 Å². The van der Waals surface area contributed by atoms with Crippen molar-refractivity contribution in [1.82, 2.24) is 14.8 Å². The molecule has 0 aliphatic carbocycles. The largest absolute Gasteiger partial charge is 0.463 e. The van der Waals surface area contributed by atoms with E-state index in [9.17, 15) is 14.9 Å². The number of esters is 1. The zero-order chi connectivity index (χ0) is 25.2. The van der Waals surface area contributed by atoms with Crippen LogP contribution in [0.2, 0.25) is 0 Å². The van der Waals surface area contributed by atoms with Crippen molar-refractivity contribution in [3.8, 4) is 0 Å². The summed E-state index contributed by atoms with van der Waals surface area (Å²) in [7, 11) is 0. The molecule has 0 bridgehead atoms. The summed E-state index contributed by atoms with van der Waals surface area (Å²) in [5, 5.41) is 22.1. The lowest BCUT2D eigenvalue weighted by atomic mass is 9.95. The standard InChI is InChI=1S/C26H23N5O4S/c1-3-35-24(32)22-16(2)27-25-28-26(36-15-17-11-12-18-7-4-5-8-19(18)13-17)29-30(25)23(22)20-9-6-10-21(14-20)31(33)34/h4-14,23H,3,15H2,1-2H3,(H,27,28,29)/t23-/m1/s1. The molecule has 1 aromatic heterocycles. The van der Waals surface area contributed by atoms with Gasteiger partial charge in [-0.3, -0.25) is 10.1 Å². The first kappa shape index (κ1) is 23.6. The molecule has 0 unspecified atom stereocenters. The number of anilines is 1. The summed E-state index contributed by atoms with van der Waals surface area (Å²) in [4.78, 5) is 28.5. The Morgan fingerprint density at radius 2 is 1.94 bits per heavy atom. The Bertz CT molecular complexity index is 1510. The molecule has 3 aromatic carbocycles. The maximum absolute atomic E-state index is 12.9. The number of nitro benzene ring substituents is 1. The van der Waals surface area contributed by atoms with Gasteiger partial charge in [-0.25, -0.2) is 9.48 Å². The monoisotopic (exact) mass is 501 g/mol. The number of benzene rings is 3. The molecule has 0 fully saturated rings. The first-order valence-corrected chi connectivity index (χ1v) is 12.4. The van der Waals surface area contributed by atoms with E-state index in [0.29, 0.717) is 33.7 Å². The fraction of sp³-hybridized carbons (Fsp3) is 0.192. The normalized spacial score (nSPS) is 14.9. The van der Waals surface area contributed by atoms with Crippen molar-refractivity contribution in [3.63, 3.8) is 0 Å². The summed E-state index contributed by atoms with van der Waals surface area (Å²) in [5.74, 6) is 0.607. The molecule has 9 nitrogen and oxygen atoms in total. The second-order valence-electron chi connectivity index (χ2n) is 8.27. The number of aromatic nitrogens is 3. The van der Waals surface area contributed by atoms with Gasteiger partial charge in [-0.2, -0.15) is 4.98 Å². The van der Waals surface area contributed by atoms with Crippen molar-refractivity contribution in [3.05, 3.63) is 99.2 Å². The molecule has 0 saturated heterocycles. The highest BCUT2D eigenvalue weighted by Gasteiger charge is 2.35. The molecule has 10 heteroatoms. The third-order valence-corrected chi connectivity index (χ3v) is 6.82. The average Bonchev–Trinajstić information content (AvgIpc) is 3.29. The van der Waals surface area contributed by atoms with E-state index in [2.05, 4.69) is 45.7 Å². The summed E-state index contributed by atoms with van der Waals surface area (Å²) < 4.78 is 6.90. The minimum atomic E-state index is -0.720. The fourth-order valence-electron chi connectivity index (χ4n) is 4.26. The molecule has 1 aliphatic heterocycles. The van der Waals surface area contributed by atoms with Gasteiger partial charge in [0.1, 0.15) is 6.04 Å². The van der Waals surface area contributed by atoms with Crippen LogP contribution in [0.4, 0.5) is 11.6 Å². The van der Waals surface area contributed by atoms with Crippen molar-refractivity contribution in [2.24, 2.45) is 0 Å². The predicted octanol–water partition coefficient (Wildman–Crippen LogP) is 5.48. The van der Waals surface area contributed by atoms with Crippen LogP contribution in [0.25, 0.3) is 10.8 Å². The Labute approximate surface area is 211 Å². The van der Waals surface area contributed by atoms with Crippen molar-refractivity contribution < 1.29 is 14.5 Å². The zero-order valence-corrected chi connectivity index (χ0v) is 20.5. The molecular weight excluding hydrogens is 478 g/mol. The van der Waals surface area contributed by atoms with Gasteiger partial charge >= 0.3 is 5.97 Å². The average molecular weight is 502 g/mol. The maximum atomic E-state index is 12.9. The number of nitrogens with one attached hydrogen (secondary N) is 1. The lowest BCUT2D eigenvalue weighted by molar-refractivity contribution is -0.384. The number of hydrogen-bond donors (Lipinski definition) is 1. The highest BCUT2D eigenvalue weighted by Crippen LogP contribution is 2.38. The summed E-state index contributed by atoms with van der Waals surface area (Å²) in [6.45, 7) is 3.69. The number of nitro groups is 1. The molecular formula is C26H23N5O4S. The van der Waals surface area contributed by atoms with Crippen LogP contribution in [0.15, 0.2) is 83.2 Å². The minimum Gasteiger partial charge on any atom is -0.463 e. The number of rotatable bonds is 7. The molecule has 36 heavy (non-hydrogen) atoms. The van der Waals surface area contributed by atoms with Crippen molar-refractivity contribution in [2.75, 3.05) is 11.9 Å². The van der Waals surface area contributed by atoms with Gasteiger partial charge in [0.05, 0.1) is 17.1 Å². The second kappa shape index (κ2) is 9.82. The number of fused-ring (bicyclic) bond motifs is 2. The molecule has 0 radical (unpaired) electrons. The smallest absolute Gasteiger partial charge is 0.338 e. The SMILES string of the molecule is CCOC(=O)C1=C(C)Nc2nc(SCc3ccc4ccccc4c3)nn2[C@@H]1c1cccc([N+](=O)[O-])c1. The molecule has 5 rings (SSSR count). The van der Waals surface area contributed by atoms with Gasteiger partial charge < -0.3 is 10.1 Å². The van der Waals surface area contributed by atoms with Crippen LogP contribution in [0.1, 0.15) is 31.0 Å². The van der Waals surface area contributed by atoms with Crippen LogP contribution in [-0.4, -0.2) is 32.3 Å². The molecule has 2 heterocycles. The van der Waals surface area contributed by atoms with Crippen LogP contribution in [0, 0.1) is 10.1 Å². The lowest BCUT2D eigenvalue weighted by Crippen LogP contribution is -2.29. The van der Waals surface area contributed by atoms with Crippen LogP contribution < -0.4 is 5.32 Å². The Hall–Kier alpha value is -4.18. The summed E-state index contributed by atoms with van der Waals surface area (Å²) in [6.07, 6.45) is 0. The third kappa shape index (κ3) is 4.55. The summed E-state index contributed by atoms with van der Waals surface area (Å²) in [6, 6.07) is 20.0. The number of carbonyl (C=O) groups excluding carboxylic acids is 1. The molecule has 1 aliphatic rings. The summed E-state index contributed by atoms with van der Waals surface area (Å²) >= 11 is 1.48. The fourth-order valence-corrected chi connectivity index (χ4v) is 5.03. The Kier molecular flexibility index (Phi) is 6.43. The van der Waals surface area contributed by atoms with Crippen molar-refractivity contribution in [2.45, 2.75) is 30.8 Å². The number of non-ortho nitro benzene ring substituents is 1. The lowest BCUT2D eigenvalue weighted by Gasteiger charge is -2.27. The number of ether oxygens (including phenoxy) is 1. The molecule has 182 valence electrons. The Morgan fingerprint density at radius 1 is 1.14 bits per heavy atom. The third-order valence-electron chi connectivity index (χ3n) is 5.91. The van der Waals surface area contributed by atoms with Gasteiger partial charge in [0.2, 0.25) is 11.1 Å². The topological polar surface area (TPSA) is 112 Å². The molecule has 0 spiro atoms. The number of thioether (sulfide) groups is 1. The van der Waals surface area contributed by atoms with Gasteiger partial charge in [0.25, 0.3) is 5.69 Å². The van der Waals surface area contributed by atoms with Crippen molar-refractivity contribution >= 4 is 40.1 Å². The first-order chi connectivity index (χ1) is 17.4. The second-order valence-corrected chi connectivity index (χ2v) is 9.21. The number of carbonyl (C=O) groups is 1. The zero-order valence-electron chi connectivity index (χ0n) is 19.7. The van der Waals surface area contributed by atoms with Crippen LogP contribution >= 0.6 is 11.8 Å². The van der Waals surface area contributed by atoms with E-state index in [1.54, 1.807) is 30.7 Å². The van der Waals surface area contributed by atoms with E-state index < -0.39 is 16.9 Å². The van der Waals surface area contributed by atoms with E-state index in [0.717, 1.165) is 5.56 Å². The minimum absolute atomic E-state index is 0.0699. The number of allylic oxidation sites excluding steroid dienone is 1. The number of nitrogens with zero attached hydrogens (tertiary/aromatic N) is 4. The molecule has 0 saturated carbocycles. The van der Waals surface area contributed by atoms with Gasteiger partial charge in [-0.1, -0.05) is 66.4 Å². The van der Waals surface area contributed by atoms with Gasteiger partial charge in [-0.05, 0) is 35.7 Å². The molecule has 4 aromatic rings. The van der Waals surface area contributed by atoms with Crippen LogP contribution in [-0.2, 0) is 15.3 Å². The summed E-state index contributed by atoms with van der Waals surface area (Å²) in [5.41, 5.74) is 2.51. The Morgan fingerprint density at radius 3 is 2.72 bits per heavy atom. The van der Waals surface area contributed by atoms with E-state index in [4.69, 9.17) is 4.74 Å². The highest BCUT2D eigenvalue weighted by atomic mass is 32.2. The van der Waals surface area contributed by atoms with E-state index in [-0.39, 0.29) is 12.3 Å². The first-order valence-electron chi connectivity index (χ1n) is 11.4. The van der Waals surface area contributed by atoms with E-state index in [1.807, 2.05) is 12.1 Å². The highest BCUT2D eigenvalue weighted by molar-refractivity contribution is 7.98. The van der Waals surface area contributed by atoms with Gasteiger partial charge in [0.15, 0.2) is 0 Å². The molecule has 0 amide bonds. The van der Waals surface area contributed by atoms with E-state index >= 15 is 0 Å². The van der Waals surface area contributed by atoms with Gasteiger partial charge in [-0.15, -0.1) is 5.10 Å². The van der Waals surface area contributed by atoms with E-state index in [1.165, 1.54) is 34.7 Å². The Balaban J connectivity index is 1.49.